The summed E-state index contributed by atoms with van der Waals surface area (Å²) in [4.78, 5) is 21.2. The Kier molecular flexibility index (Phi) is 3.06. The number of carbonyl (C=O) groups is 1. The highest BCUT2D eigenvalue weighted by atomic mass is 16.6. The number of benzene rings is 1. The van der Waals surface area contributed by atoms with Gasteiger partial charge in [0.05, 0.1) is 10.8 Å². The van der Waals surface area contributed by atoms with E-state index in [-0.39, 0.29) is 11.7 Å². The van der Waals surface area contributed by atoms with Gasteiger partial charge in [0.15, 0.2) is 0 Å². The van der Waals surface area contributed by atoms with E-state index in [1.807, 2.05) is 0 Å². The molecular formula is C11H12N2O4. The lowest BCUT2D eigenvalue weighted by Crippen LogP contribution is -2.23. The lowest BCUT2D eigenvalue weighted by molar-refractivity contribution is -0.384. The molecule has 0 aromatic heterocycles. The molecule has 0 saturated carbocycles. The minimum absolute atomic E-state index is 0.0136. The Morgan fingerprint density at radius 1 is 1.53 bits per heavy atom. The zero-order valence-electron chi connectivity index (χ0n) is 9.00. The van der Waals surface area contributed by atoms with E-state index in [2.05, 4.69) is 5.32 Å². The topological polar surface area (TPSA) is 92.5 Å². The van der Waals surface area contributed by atoms with Crippen LogP contribution in [0.1, 0.15) is 18.0 Å². The number of aliphatic carboxylic acids is 1. The number of hydrogen-bond donors (Lipinski definition) is 2. The molecule has 17 heavy (non-hydrogen) atoms. The van der Waals surface area contributed by atoms with Crippen molar-refractivity contribution in [1.29, 1.82) is 0 Å². The predicted molar refractivity (Wildman–Crippen MR) is 59.6 cm³/mol. The number of rotatable bonds is 3. The quantitative estimate of drug-likeness (QED) is 0.610. The third-order valence-corrected chi connectivity index (χ3v) is 2.98. The molecule has 6 heteroatoms. The molecule has 1 heterocycles. The molecule has 1 aliphatic rings. The molecule has 1 fully saturated rings. The first kappa shape index (κ1) is 11.5. The maximum Gasteiger partial charge on any atom is 0.308 e. The lowest BCUT2D eigenvalue weighted by atomic mass is 9.94. The Morgan fingerprint density at radius 3 is 2.94 bits per heavy atom. The fourth-order valence-electron chi connectivity index (χ4n) is 2.15. The second-order valence-electron chi connectivity index (χ2n) is 4.02. The lowest BCUT2D eigenvalue weighted by Gasteiger charge is -2.15. The van der Waals surface area contributed by atoms with Crippen LogP contribution in [0.5, 0.6) is 0 Å². The minimum Gasteiger partial charge on any atom is -0.481 e. The van der Waals surface area contributed by atoms with Gasteiger partial charge in [-0.1, -0.05) is 12.1 Å². The van der Waals surface area contributed by atoms with E-state index in [0.717, 1.165) is 0 Å². The largest absolute Gasteiger partial charge is 0.481 e. The fourth-order valence-corrected chi connectivity index (χ4v) is 2.15. The summed E-state index contributed by atoms with van der Waals surface area (Å²) < 4.78 is 0. The summed E-state index contributed by atoms with van der Waals surface area (Å²) in [6.07, 6.45) is 0.544. The maximum atomic E-state index is 11.0. The number of nitrogens with zero attached hydrogens (tertiary/aromatic N) is 1. The normalized spacial score (nSPS) is 23.5. The monoisotopic (exact) mass is 236 g/mol. The van der Waals surface area contributed by atoms with Gasteiger partial charge in [0.25, 0.3) is 5.69 Å². The molecule has 0 aliphatic carbocycles. The number of nitrogens with one attached hydrogen (secondary N) is 1. The number of nitro groups is 1. The summed E-state index contributed by atoms with van der Waals surface area (Å²) in [5, 5.41) is 22.8. The second kappa shape index (κ2) is 4.50. The van der Waals surface area contributed by atoms with Crippen LogP contribution < -0.4 is 5.32 Å². The first-order chi connectivity index (χ1) is 8.09. The Bertz CT molecular complexity index is 461. The van der Waals surface area contributed by atoms with Gasteiger partial charge < -0.3 is 10.4 Å². The van der Waals surface area contributed by atoms with E-state index < -0.39 is 16.8 Å². The van der Waals surface area contributed by atoms with Crippen molar-refractivity contribution < 1.29 is 14.8 Å². The Labute approximate surface area is 97.4 Å². The summed E-state index contributed by atoms with van der Waals surface area (Å²) in [5.74, 6) is -1.39. The molecule has 0 spiro atoms. The summed E-state index contributed by atoms with van der Waals surface area (Å²) >= 11 is 0. The first-order valence-corrected chi connectivity index (χ1v) is 5.30. The van der Waals surface area contributed by atoms with E-state index >= 15 is 0 Å². The molecule has 1 saturated heterocycles. The van der Waals surface area contributed by atoms with Gasteiger partial charge >= 0.3 is 5.97 Å². The summed E-state index contributed by atoms with van der Waals surface area (Å²) in [7, 11) is 0. The Hall–Kier alpha value is -1.95. The summed E-state index contributed by atoms with van der Waals surface area (Å²) in [5.41, 5.74) is 0.643. The highest BCUT2D eigenvalue weighted by Gasteiger charge is 2.34. The number of nitro benzene ring substituents is 1. The van der Waals surface area contributed by atoms with Crippen molar-refractivity contribution in [3.63, 3.8) is 0 Å². The fraction of sp³-hybridized carbons (Fsp3) is 0.364. The zero-order chi connectivity index (χ0) is 12.4. The van der Waals surface area contributed by atoms with Crippen LogP contribution in [0.4, 0.5) is 5.69 Å². The molecule has 2 N–H and O–H groups in total. The van der Waals surface area contributed by atoms with E-state index in [1.54, 1.807) is 12.1 Å². The number of non-ortho nitro benzene ring substituents is 1. The Morgan fingerprint density at radius 2 is 2.29 bits per heavy atom. The molecule has 2 atom stereocenters. The Balaban J connectivity index is 2.30. The second-order valence-corrected chi connectivity index (χ2v) is 4.02. The van der Waals surface area contributed by atoms with Crippen molar-refractivity contribution in [2.45, 2.75) is 12.5 Å². The van der Waals surface area contributed by atoms with Gasteiger partial charge in [-0.05, 0) is 18.5 Å². The average molecular weight is 236 g/mol. The molecule has 1 aromatic carbocycles. The molecular weight excluding hydrogens is 224 g/mol. The van der Waals surface area contributed by atoms with Crippen molar-refractivity contribution in [2.24, 2.45) is 5.92 Å². The average Bonchev–Trinajstić information content (AvgIpc) is 2.78. The van der Waals surface area contributed by atoms with Crippen LogP contribution in [0.25, 0.3) is 0 Å². The van der Waals surface area contributed by atoms with Gasteiger partial charge in [0, 0.05) is 18.2 Å². The molecule has 1 aliphatic heterocycles. The SMILES string of the molecule is O=C(O)C1CCNC1c1cccc([N+](=O)[O-])c1. The first-order valence-electron chi connectivity index (χ1n) is 5.30. The third kappa shape index (κ3) is 2.26. The van der Waals surface area contributed by atoms with E-state index in [1.165, 1.54) is 12.1 Å². The molecule has 2 unspecified atom stereocenters. The van der Waals surface area contributed by atoms with Gasteiger partial charge in [-0.2, -0.15) is 0 Å². The molecule has 1 aromatic rings. The molecule has 6 nitrogen and oxygen atoms in total. The van der Waals surface area contributed by atoms with Gasteiger partial charge in [-0.3, -0.25) is 14.9 Å². The predicted octanol–water partition coefficient (Wildman–Crippen LogP) is 1.33. The van der Waals surface area contributed by atoms with Crippen LogP contribution in [0.2, 0.25) is 0 Å². The van der Waals surface area contributed by atoms with Crippen LogP contribution in [0.3, 0.4) is 0 Å². The molecule has 0 amide bonds. The van der Waals surface area contributed by atoms with Crippen LogP contribution >= 0.6 is 0 Å². The molecule has 0 radical (unpaired) electrons. The summed E-state index contributed by atoms with van der Waals surface area (Å²) in [6.45, 7) is 0.615. The molecule has 90 valence electrons. The van der Waals surface area contributed by atoms with E-state index in [4.69, 9.17) is 5.11 Å². The van der Waals surface area contributed by atoms with Crippen molar-refractivity contribution in [3.05, 3.63) is 39.9 Å². The number of carboxylic acid groups (broad SMARTS) is 1. The smallest absolute Gasteiger partial charge is 0.308 e. The van der Waals surface area contributed by atoms with Crippen LogP contribution in [0.15, 0.2) is 24.3 Å². The van der Waals surface area contributed by atoms with E-state index in [9.17, 15) is 14.9 Å². The van der Waals surface area contributed by atoms with Crippen molar-refractivity contribution in [3.8, 4) is 0 Å². The van der Waals surface area contributed by atoms with Gasteiger partial charge in [-0.25, -0.2) is 0 Å². The maximum absolute atomic E-state index is 11.0. The van der Waals surface area contributed by atoms with Gasteiger partial charge in [0.2, 0.25) is 0 Å². The van der Waals surface area contributed by atoms with Crippen LogP contribution in [0, 0.1) is 16.0 Å². The summed E-state index contributed by atoms with van der Waals surface area (Å²) in [6, 6.07) is 5.78. The number of carboxylic acids is 1. The highest BCUT2D eigenvalue weighted by molar-refractivity contribution is 5.71. The van der Waals surface area contributed by atoms with Crippen LogP contribution in [-0.2, 0) is 4.79 Å². The minimum atomic E-state index is -0.869. The van der Waals surface area contributed by atoms with Gasteiger partial charge in [-0.15, -0.1) is 0 Å². The van der Waals surface area contributed by atoms with Crippen molar-refractivity contribution in [2.75, 3.05) is 6.54 Å². The molecule has 2 rings (SSSR count). The van der Waals surface area contributed by atoms with E-state index in [0.29, 0.717) is 18.5 Å². The number of hydrogen-bond acceptors (Lipinski definition) is 4. The highest BCUT2D eigenvalue weighted by Crippen LogP contribution is 2.31. The van der Waals surface area contributed by atoms with Gasteiger partial charge in [0.1, 0.15) is 0 Å². The van der Waals surface area contributed by atoms with Crippen LogP contribution in [-0.4, -0.2) is 22.5 Å². The third-order valence-electron chi connectivity index (χ3n) is 2.98. The zero-order valence-corrected chi connectivity index (χ0v) is 9.00. The van der Waals surface area contributed by atoms with Crippen molar-refractivity contribution in [1.82, 2.24) is 5.32 Å². The standard InChI is InChI=1S/C11H12N2O4/c14-11(15)9-4-5-12-10(9)7-2-1-3-8(6-7)13(16)17/h1-3,6,9-10,12H,4-5H2,(H,14,15). The van der Waals surface area contributed by atoms with Crippen molar-refractivity contribution >= 4 is 11.7 Å². The molecule has 0 bridgehead atoms.